The minimum atomic E-state index is -0.592. The van der Waals surface area contributed by atoms with Crippen LogP contribution in [0.15, 0.2) is 10.5 Å². The third kappa shape index (κ3) is 2.26. The fraction of sp³-hybridized carbons (Fsp3) is 0.455. The molecule has 15 heavy (non-hydrogen) atoms. The van der Waals surface area contributed by atoms with Crippen molar-refractivity contribution in [3.63, 3.8) is 0 Å². The van der Waals surface area contributed by atoms with Gasteiger partial charge < -0.3 is 14.6 Å². The van der Waals surface area contributed by atoms with Gasteiger partial charge in [-0.1, -0.05) is 15.9 Å². The van der Waals surface area contributed by atoms with Gasteiger partial charge in [0.2, 0.25) is 0 Å². The smallest absolute Gasteiger partial charge is 0.166 e. The molecule has 3 nitrogen and oxygen atoms in total. The summed E-state index contributed by atoms with van der Waals surface area (Å²) in [5, 5.41) is 9.61. The SMILES string of the molecule is COc1c(C(C)O)cc(Br)c(C)c1OC. The highest BCUT2D eigenvalue weighted by Gasteiger charge is 2.18. The van der Waals surface area contributed by atoms with Crippen LogP contribution in [0, 0.1) is 6.92 Å². The summed E-state index contributed by atoms with van der Waals surface area (Å²) in [6.45, 7) is 3.62. The third-order valence-corrected chi connectivity index (χ3v) is 3.13. The van der Waals surface area contributed by atoms with E-state index in [-0.39, 0.29) is 0 Å². The molecule has 0 fully saturated rings. The lowest BCUT2D eigenvalue weighted by Crippen LogP contribution is -2.01. The van der Waals surface area contributed by atoms with Crippen LogP contribution in [0.3, 0.4) is 0 Å². The van der Waals surface area contributed by atoms with Gasteiger partial charge in [0.1, 0.15) is 0 Å². The molecule has 0 saturated carbocycles. The Kier molecular flexibility index (Phi) is 3.99. The van der Waals surface area contributed by atoms with E-state index in [2.05, 4.69) is 15.9 Å². The molecular weight excluding hydrogens is 260 g/mol. The van der Waals surface area contributed by atoms with Crippen molar-refractivity contribution in [1.29, 1.82) is 0 Å². The Morgan fingerprint density at radius 3 is 2.20 bits per heavy atom. The molecule has 0 spiro atoms. The van der Waals surface area contributed by atoms with Gasteiger partial charge in [-0.3, -0.25) is 0 Å². The number of halogens is 1. The van der Waals surface area contributed by atoms with E-state index < -0.39 is 6.10 Å². The molecule has 0 aliphatic carbocycles. The first-order valence-electron chi connectivity index (χ1n) is 4.62. The van der Waals surface area contributed by atoms with E-state index in [1.807, 2.05) is 13.0 Å². The maximum Gasteiger partial charge on any atom is 0.166 e. The van der Waals surface area contributed by atoms with Crippen LogP contribution in [0.4, 0.5) is 0 Å². The highest BCUT2D eigenvalue weighted by molar-refractivity contribution is 9.10. The molecule has 0 radical (unpaired) electrons. The quantitative estimate of drug-likeness (QED) is 0.921. The standard InChI is InChI=1S/C11H15BrO3/c1-6-9(12)5-8(7(2)13)11(15-4)10(6)14-3/h5,7,13H,1-4H3. The molecule has 1 unspecified atom stereocenters. The molecule has 1 aromatic rings. The molecular formula is C11H15BrO3. The number of methoxy groups -OCH3 is 2. The molecule has 0 aliphatic rings. The molecule has 1 rings (SSSR count). The third-order valence-electron chi connectivity index (χ3n) is 2.31. The van der Waals surface area contributed by atoms with Gasteiger partial charge in [0.05, 0.1) is 20.3 Å². The Morgan fingerprint density at radius 1 is 1.27 bits per heavy atom. The Hall–Kier alpha value is -0.740. The lowest BCUT2D eigenvalue weighted by atomic mass is 10.1. The maximum atomic E-state index is 9.61. The normalized spacial score (nSPS) is 12.4. The molecule has 1 N–H and O–H groups in total. The molecule has 84 valence electrons. The van der Waals surface area contributed by atoms with Crippen LogP contribution in [0.25, 0.3) is 0 Å². The summed E-state index contributed by atoms with van der Waals surface area (Å²) < 4.78 is 11.4. The molecule has 0 bridgehead atoms. The van der Waals surface area contributed by atoms with Gasteiger partial charge in [-0.05, 0) is 19.9 Å². The average molecular weight is 275 g/mol. The van der Waals surface area contributed by atoms with E-state index in [4.69, 9.17) is 9.47 Å². The molecule has 0 aromatic heterocycles. The number of benzene rings is 1. The highest BCUT2D eigenvalue weighted by Crippen LogP contribution is 2.41. The number of rotatable bonds is 3. The van der Waals surface area contributed by atoms with Gasteiger partial charge in [-0.2, -0.15) is 0 Å². The van der Waals surface area contributed by atoms with E-state index >= 15 is 0 Å². The number of ether oxygens (including phenoxy) is 2. The monoisotopic (exact) mass is 274 g/mol. The number of aliphatic hydroxyl groups excluding tert-OH is 1. The average Bonchev–Trinajstić information content (AvgIpc) is 2.20. The Balaban J connectivity index is 3.47. The number of hydrogen-bond donors (Lipinski definition) is 1. The van der Waals surface area contributed by atoms with E-state index in [1.54, 1.807) is 21.1 Å². The van der Waals surface area contributed by atoms with Crippen LogP contribution in [-0.2, 0) is 0 Å². The van der Waals surface area contributed by atoms with Crippen molar-refractivity contribution in [3.8, 4) is 11.5 Å². The molecule has 0 amide bonds. The molecule has 0 aliphatic heterocycles. The summed E-state index contributed by atoms with van der Waals surface area (Å²) in [4.78, 5) is 0. The van der Waals surface area contributed by atoms with Crippen molar-refractivity contribution >= 4 is 15.9 Å². The topological polar surface area (TPSA) is 38.7 Å². The predicted octanol–water partition coefficient (Wildman–Crippen LogP) is 2.83. The lowest BCUT2D eigenvalue weighted by molar-refractivity contribution is 0.193. The van der Waals surface area contributed by atoms with Gasteiger partial charge in [-0.15, -0.1) is 0 Å². The summed E-state index contributed by atoms with van der Waals surface area (Å²) in [5.74, 6) is 1.25. The Labute approximate surface area is 98.1 Å². The number of hydrogen-bond acceptors (Lipinski definition) is 3. The van der Waals surface area contributed by atoms with Gasteiger partial charge >= 0.3 is 0 Å². The Bertz CT molecular complexity index is 361. The maximum absolute atomic E-state index is 9.61. The van der Waals surface area contributed by atoms with Crippen LogP contribution in [-0.4, -0.2) is 19.3 Å². The summed E-state index contributed by atoms with van der Waals surface area (Å²) in [7, 11) is 3.15. The molecule has 1 aromatic carbocycles. The van der Waals surface area contributed by atoms with E-state index in [1.165, 1.54) is 0 Å². The van der Waals surface area contributed by atoms with Crippen LogP contribution >= 0.6 is 15.9 Å². The fourth-order valence-corrected chi connectivity index (χ4v) is 1.91. The van der Waals surface area contributed by atoms with Gasteiger partial charge in [0.15, 0.2) is 11.5 Å². The van der Waals surface area contributed by atoms with Crippen molar-refractivity contribution in [2.24, 2.45) is 0 Å². The van der Waals surface area contributed by atoms with E-state index in [0.717, 1.165) is 10.0 Å². The zero-order valence-electron chi connectivity index (χ0n) is 9.30. The lowest BCUT2D eigenvalue weighted by Gasteiger charge is -2.17. The first-order valence-corrected chi connectivity index (χ1v) is 5.41. The minimum Gasteiger partial charge on any atom is -0.493 e. The zero-order chi connectivity index (χ0) is 11.6. The first-order chi connectivity index (χ1) is 7.02. The van der Waals surface area contributed by atoms with Crippen molar-refractivity contribution in [3.05, 3.63) is 21.7 Å². The second kappa shape index (κ2) is 4.86. The van der Waals surface area contributed by atoms with Crippen LogP contribution in [0.2, 0.25) is 0 Å². The van der Waals surface area contributed by atoms with E-state index in [0.29, 0.717) is 17.1 Å². The van der Waals surface area contributed by atoms with Gasteiger partial charge in [0, 0.05) is 15.6 Å². The zero-order valence-corrected chi connectivity index (χ0v) is 10.9. The second-order valence-corrected chi connectivity index (χ2v) is 4.17. The highest BCUT2D eigenvalue weighted by atomic mass is 79.9. The van der Waals surface area contributed by atoms with Crippen molar-refractivity contribution < 1.29 is 14.6 Å². The molecule has 1 atom stereocenters. The minimum absolute atomic E-state index is 0.591. The second-order valence-electron chi connectivity index (χ2n) is 3.32. The molecule has 4 heteroatoms. The van der Waals surface area contributed by atoms with Crippen LogP contribution < -0.4 is 9.47 Å². The van der Waals surface area contributed by atoms with Gasteiger partial charge in [-0.25, -0.2) is 0 Å². The molecule has 0 saturated heterocycles. The largest absolute Gasteiger partial charge is 0.493 e. The first kappa shape index (κ1) is 12.3. The summed E-state index contributed by atoms with van der Waals surface area (Å²) in [6.07, 6.45) is -0.592. The Morgan fingerprint density at radius 2 is 1.80 bits per heavy atom. The van der Waals surface area contributed by atoms with Crippen LogP contribution in [0.5, 0.6) is 11.5 Å². The summed E-state index contributed by atoms with van der Waals surface area (Å²) in [5.41, 5.74) is 1.67. The van der Waals surface area contributed by atoms with Crippen LogP contribution in [0.1, 0.15) is 24.2 Å². The molecule has 0 heterocycles. The summed E-state index contributed by atoms with van der Waals surface area (Å²) >= 11 is 3.42. The van der Waals surface area contributed by atoms with Crippen molar-refractivity contribution in [2.45, 2.75) is 20.0 Å². The fourth-order valence-electron chi connectivity index (χ4n) is 1.49. The summed E-state index contributed by atoms with van der Waals surface area (Å²) in [6, 6.07) is 1.85. The van der Waals surface area contributed by atoms with Crippen molar-refractivity contribution in [1.82, 2.24) is 0 Å². The predicted molar refractivity (Wildman–Crippen MR) is 62.6 cm³/mol. The van der Waals surface area contributed by atoms with Crippen molar-refractivity contribution in [2.75, 3.05) is 14.2 Å². The van der Waals surface area contributed by atoms with Gasteiger partial charge in [0.25, 0.3) is 0 Å². The van der Waals surface area contributed by atoms with E-state index in [9.17, 15) is 5.11 Å². The number of aliphatic hydroxyl groups is 1.